The highest BCUT2D eigenvalue weighted by atomic mass is 32.2. The van der Waals surface area contributed by atoms with Gasteiger partial charge in [0.1, 0.15) is 5.75 Å². The van der Waals surface area contributed by atoms with Gasteiger partial charge in [0, 0.05) is 6.42 Å². The number of amides is 1. The van der Waals surface area contributed by atoms with Gasteiger partial charge in [0.25, 0.3) is 10.0 Å². The highest BCUT2D eigenvalue weighted by Crippen LogP contribution is 2.25. The molecule has 0 radical (unpaired) electrons. The van der Waals surface area contributed by atoms with Crippen LogP contribution in [-0.4, -0.2) is 20.9 Å². The van der Waals surface area contributed by atoms with Gasteiger partial charge in [0.05, 0.1) is 17.2 Å². The van der Waals surface area contributed by atoms with Crippen molar-refractivity contribution in [2.45, 2.75) is 38.0 Å². The van der Waals surface area contributed by atoms with E-state index < -0.39 is 15.9 Å². The van der Waals surface area contributed by atoms with Crippen LogP contribution in [0.25, 0.3) is 0 Å². The number of nitrogens with zero attached hydrogens (tertiary/aromatic N) is 1. The maximum absolute atomic E-state index is 13.3. The summed E-state index contributed by atoms with van der Waals surface area (Å²) >= 11 is 0. The summed E-state index contributed by atoms with van der Waals surface area (Å²) in [5, 5.41) is 0. The molecule has 1 amide bonds. The second-order valence-electron chi connectivity index (χ2n) is 7.26. The number of carbonyl (C=O) groups excluding carboxylic acids is 1. The Bertz CT molecular complexity index is 1090. The molecule has 0 heterocycles. The van der Waals surface area contributed by atoms with Gasteiger partial charge in [-0.15, -0.1) is 0 Å². The van der Waals surface area contributed by atoms with E-state index in [2.05, 4.69) is 0 Å². The van der Waals surface area contributed by atoms with Crippen molar-refractivity contribution < 1.29 is 17.9 Å². The molecule has 162 valence electrons. The predicted molar refractivity (Wildman–Crippen MR) is 123 cm³/mol. The van der Waals surface area contributed by atoms with Crippen LogP contribution in [-0.2, 0) is 21.2 Å². The van der Waals surface area contributed by atoms with E-state index in [0.717, 1.165) is 27.6 Å². The standard InChI is InChI=1S/C25H27NO4S/c1-3-21-13-15-22(16-14-21)26(31(28,29)24-8-5-4-6-9-24)25(27)10-7-19-30-23-17-11-20(2)12-18-23/h4-6,8-9,11-18H,3,7,10,19H2,1-2H3. The summed E-state index contributed by atoms with van der Waals surface area (Å²) in [5.41, 5.74) is 2.55. The molecule has 0 saturated heterocycles. The van der Waals surface area contributed by atoms with Crippen LogP contribution in [0.5, 0.6) is 5.75 Å². The van der Waals surface area contributed by atoms with Crippen LogP contribution < -0.4 is 9.04 Å². The Morgan fingerprint density at radius 2 is 1.55 bits per heavy atom. The Hall–Kier alpha value is -3.12. The van der Waals surface area contributed by atoms with E-state index >= 15 is 0 Å². The highest BCUT2D eigenvalue weighted by Gasteiger charge is 2.30. The smallest absolute Gasteiger partial charge is 0.270 e. The lowest BCUT2D eigenvalue weighted by Crippen LogP contribution is -2.37. The summed E-state index contributed by atoms with van der Waals surface area (Å²) in [6.45, 7) is 4.34. The fourth-order valence-corrected chi connectivity index (χ4v) is 4.60. The van der Waals surface area contributed by atoms with Gasteiger partial charge in [-0.05, 0) is 61.7 Å². The maximum Gasteiger partial charge on any atom is 0.270 e. The fraction of sp³-hybridized carbons (Fsp3) is 0.240. The first-order chi connectivity index (χ1) is 14.9. The normalized spacial score (nSPS) is 11.2. The van der Waals surface area contributed by atoms with E-state index in [4.69, 9.17) is 4.74 Å². The summed E-state index contributed by atoms with van der Waals surface area (Å²) < 4.78 is 33.2. The third-order valence-corrected chi connectivity index (χ3v) is 6.67. The summed E-state index contributed by atoms with van der Waals surface area (Å²) in [6, 6.07) is 22.7. The number of carbonyl (C=O) groups is 1. The Labute approximate surface area is 184 Å². The average molecular weight is 438 g/mol. The van der Waals surface area contributed by atoms with Crippen molar-refractivity contribution >= 4 is 21.6 Å². The van der Waals surface area contributed by atoms with Gasteiger partial charge < -0.3 is 4.74 Å². The number of anilines is 1. The van der Waals surface area contributed by atoms with Gasteiger partial charge in [0.15, 0.2) is 0 Å². The number of sulfonamides is 1. The van der Waals surface area contributed by atoms with Gasteiger partial charge in [-0.25, -0.2) is 12.7 Å². The molecule has 0 aliphatic heterocycles. The van der Waals surface area contributed by atoms with Crippen molar-refractivity contribution in [1.82, 2.24) is 0 Å². The Morgan fingerprint density at radius 1 is 0.903 bits per heavy atom. The minimum atomic E-state index is -4.02. The number of hydrogen-bond donors (Lipinski definition) is 0. The zero-order valence-electron chi connectivity index (χ0n) is 17.8. The van der Waals surface area contributed by atoms with Crippen molar-refractivity contribution in [2.75, 3.05) is 10.9 Å². The van der Waals surface area contributed by atoms with Crippen molar-refractivity contribution in [3.63, 3.8) is 0 Å². The van der Waals surface area contributed by atoms with Crippen molar-refractivity contribution in [2.24, 2.45) is 0 Å². The van der Waals surface area contributed by atoms with Gasteiger partial charge >= 0.3 is 0 Å². The third kappa shape index (κ3) is 5.73. The zero-order chi connectivity index (χ0) is 22.3. The molecule has 31 heavy (non-hydrogen) atoms. The molecule has 5 nitrogen and oxygen atoms in total. The number of hydrogen-bond acceptors (Lipinski definition) is 4. The van der Waals surface area contributed by atoms with Gasteiger partial charge in [-0.2, -0.15) is 0 Å². The summed E-state index contributed by atoms with van der Waals surface area (Å²) in [7, 11) is -4.02. The number of ether oxygens (including phenoxy) is 1. The van der Waals surface area contributed by atoms with Crippen LogP contribution in [0.4, 0.5) is 5.69 Å². The highest BCUT2D eigenvalue weighted by molar-refractivity contribution is 7.93. The molecule has 3 rings (SSSR count). The first-order valence-electron chi connectivity index (χ1n) is 10.3. The van der Waals surface area contributed by atoms with E-state index in [1.165, 1.54) is 12.1 Å². The molecule has 0 spiro atoms. The quantitative estimate of drug-likeness (QED) is 0.435. The van der Waals surface area contributed by atoms with E-state index in [0.29, 0.717) is 18.7 Å². The predicted octanol–water partition coefficient (Wildman–Crippen LogP) is 5.14. The number of benzene rings is 3. The molecule has 0 fully saturated rings. The Balaban J connectivity index is 1.76. The molecule has 3 aromatic carbocycles. The monoisotopic (exact) mass is 437 g/mol. The minimum absolute atomic E-state index is 0.0491. The third-order valence-electron chi connectivity index (χ3n) is 4.91. The fourth-order valence-electron chi connectivity index (χ4n) is 3.13. The van der Waals surface area contributed by atoms with Crippen LogP contribution in [0.15, 0.2) is 83.8 Å². The molecular weight excluding hydrogens is 410 g/mol. The van der Waals surface area contributed by atoms with Crippen LogP contribution in [0.3, 0.4) is 0 Å². The molecule has 0 unspecified atom stereocenters. The summed E-state index contributed by atoms with van der Waals surface area (Å²) in [6.07, 6.45) is 1.28. The second-order valence-corrected chi connectivity index (χ2v) is 9.05. The summed E-state index contributed by atoms with van der Waals surface area (Å²) in [5.74, 6) is 0.238. The minimum Gasteiger partial charge on any atom is -0.494 e. The van der Waals surface area contributed by atoms with Gasteiger partial charge in [0.2, 0.25) is 5.91 Å². The van der Waals surface area contributed by atoms with Crippen LogP contribution in [0, 0.1) is 6.92 Å². The Kier molecular flexibility index (Phi) is 7.47. The largest absolute Gasteiger partial charge is 0.494 e. The molecule has 0 N–H and O–H groups in total. The second kappa shape index (κ2) is 10.3. The molecule has 0 aromatic heterocycles. The lowest BCUT2D eigenvalue weighted by Gasteiger charge is -2.23. The number of aryl methyl sites for hydroxylation is 2. The molecule has 0 aliphatic rings. The lowest BCUT2D eigenvalue weighted by molar-refractivity contribution is -0.117. The summed E-state index contributed by atoms with van der Waals surface area (Å²) in [4.78, 5) is 13.1. The molecule has 3 aromatic rings. The lowest BCUT2D eigenvalue weighted by atomic mass is 10.1. The van der Waals surface area contributed by atoms with Crippen LogP contribution >= 0.6 is 0 Å². The average Bonchev–Trinajstić information content (AvgIpc) is 2.79. The molecule has 0 saturated carbocycles. The first kappa shape index (κ1) is 22.6. The van der Waals surface area contributed by atoms with Crippen molar-refractivity contribution in [3.05, 3.63) is 90.0 Å². The van der Waals surface area contributed by atoms with Crippen molar-refractivity contribution in [3.8, 4) is 5.75 Å². The molecule has 6 heteroatoms. The maximum atomic E-state index is 13.3. The van der Waals surface area contributed by atoms with Crippen LogP contribution in [0.2, 0.25) is 0 Å². The topological polar surface area (TPSA) is 63.7 Å². The Morgan fingerprint density at radius 3 is 2.16 bits per heavy atom. The molecular formula is C25H27NO4S. The van der Waals surface area contributed by atoms with Crippen molar-refractivity contribution in [1.29, 1.82) is 0 Å². The van der Waals surface area contributed by atoms with E-state index in [1.54, 1.807) is 30.3 Å². The van der Waals surface area contributed by atoms with E-state index in [1.807, 2.05) is 50.2 Å². The van der Waals surface area contributed by atoms with Gasteiger partial charge in [-0.1, -0.05) is 55.0 Å². The van der Waals surface area contributed by atoms with E-state index in [9.17, 15) is 13.2 Å². The first-order valence-corrected chi connectivity index (χ1v) is 11.8. The van der Waals surface area contributed by atoms with E-state index in [-0.39, 0.29) is 11.3 Å². The van der Waals surface area contributed by atoms with Crippen LogP contribution in [0.1, 0.15) is 30.9 Å². The molecule has 0 bridgehead atoms. The number of rotatable bonds is 9. The van der Waals surface area contributed by atoms with Gasteiger partial charge in [-0.3, -0.25) is 4.79 Å². The molecule has 0 aliphatic carbocycles. The SMILES string of the molecule is CCc1ccc(N(C(=O)CCCOc2ccc(C)cc2)S(=O)(=O)c2ccccc2)cc1. The zero-order valence-corrected chi connectivity index (χ0v) is 18.6. The molecule has 0 atom stereocenters.